The van der Waals surface area contributed by atoms with Gasteiger partial charge in [0.25, 0.3) is 5.91 Å². The van der Waals surface area contributed by atoms with E-state index >= 15 is 0 Å². The summed E-state index contributed by atoms with van der Waals surface area (Å²) >= 11 is 11.9. The number of rotatable bonds is 4. The Morgan fingerprint density at radius 1 is 1.27 bits per heavy atom. The molecule has 0 saturated carbocycles. The largest absolute Gasteiger partial charge is 0.481 e. The molecule has 2 aromatic carbocycles. The van der Waals surface area contributed by atoms with Gasteiger partial charge >= 0.3 is 0 Å². The van der Waals surface area contributed by atoms with Crippen LogP contribution in [0.1, 0.15) is 12.5 Å². The lowest BCUT2D eigenvalue weighted by Gasteiger charge is -2.15. The van der Waals surface area contributed by atoms with Crippen LogP contribution in [0.15, 0.2) is 42.5 Å². The average molecular weight is 335 g/mol. The van der Waals surface area contributed by atoms with Gasteiger partial charge in [-0.3, -0.25) is 4.79 Å². The van der Waals surface area contributed by atoms with Crippen molar-refractivity contribution >= 4 is 34.8 Å². The summed E-state index contributed by atoms with van der Waals surface area (Å²) in [6, 6.07) is 13.4. The normalized spacial score (nSPS) is 11.4. The molecule has 4 nitrogen and oxygen atoms in total. The van der Waals surface area contributed by atoms with E-state index in [1.807, 2.05) is 6.07 Å². The number of hydrogen-bond acceptors (Lipinski definition) is 3. The molecule has 0 heterocycles. The zero-order valence-electron chi connectivity index (χ0n) is 11.6. The van der Waals surface area contributed by atoms with E-state index in [0.717, 1.165) is 0 Å². The van der Waals surface area contributed by atoms with Crippen molar-refractivity contribution in [1.29, 1.82) is 5.26 Å². The van der Waals surface area contributed by atoms with E-state index in [-0.39, 0.29) is 5.91 Å². The summed E-state index contributed by atoms with van der Waals surface area (Å²) < 4.78 is 5.52. The molecule has 6 heteroatoms. The van der Waals surface area contributed by atoms with Gasteiger partial charge in [0.1, 0.15) is 5.75 Å². The molecule has 0 fully saturated rings. The highest BCUT2D eigenvalue weighted by atomic mass is 35.5. The fourth-order valence-corrected chi connectivity index (χ4v) is 2.06. The molecule has 0 aliphatic rings. The first-order valence-corrected chi connectivity index (χ1v) is 7.18. The van der Waals surface area contributed by atoms with E-state index in [9.17, 15) is 4.79 Å². The van der Waals surface area contributed by atoms with Crippen LogP contribution in [-0.2, 0) is 4.79 Å². The number of carbonyl (C=O) groups excluding carboxylic acids is 1. The Morgan fingerprint density at radius 2 is 2.05 bits per heavy atom. The number of hydrogen-bond donors (Lipinski definition) is 1. The van der Waals surface area contributed by atoms with Crippen molar-refractivity contribution in [2.45, 2.75) is 13.0 Å². The maximum Gasteiger partial charge on any atom is 0.265 e. The topological polar surface area (TPSA) is 62.1 Å². The minimum atomic E-state index is -0.760. The fraction of sp³-hybridized carbons (Fsp3) is 0.125. The highest BCUT2D eigenvalue weighted by Gasteiger charge is 2.16. The quantitative estimate of drug-likeness (QED) is 0.907. The second kappa shape index (κ2) is 7.17. The number of nitrogens with zero attached hydrogens (tertiary/aromatic N) is 1. The molecule has 0 aromatic heterocycles. The minimum absolute atomic E-state index is 0.369. The number of amides is 1. The predicted octanol–water partition coefficient (Wildman–Crippen LogP) is 4.27. The Bertz CT molecular complexity index is 741. The number of halogens is 2. The van der Waals surface area contributed by atoms with Gasteiger partial charge < -0.3 is 10.1 Å². The number of benzene rings is 2. The van der Waals surface area contributed by atoms with Crippen molar-refractivity contribution in [1.82, 2.24) is 0 Å². The molecule has 0 aliphatic heterocycles. The van der Waals surface area contributed by atoms with E-state index in [1.54, 1.807) is 49.4 Å². The number of nitriles is 1. The summed E-state index contributed by atoms with van der Waals surface area (Å²) in [6.07, 6.45) is -0.760. The molecule has 2 rings (SSSR count). The summed E-state index contributed by atoms with van der Waals surface area (Å²) in [6.45, 7) is 1.60. The standard InChI is InChI=1S/C16H12Cl2N2O2/c1-10(22-13-4-2-3-11(7-13)9-19)16(21)20-15-8-12(17)5-6-14(15)18/h2-8,10H,1H3,(H,20,21)/t10-/m1/s1. The zero-order chi connectivity index (χ0) is 16.1. The highest BCUT2D eigenvalue weighted by Crippen LogP contribution is 2.25. The Labute approximate surface area is 138 Å². The van der Waals surface area contributed by atoms with Gasteiger partial charge in [-0.1, -0.05) is 29.3 Å². The van der Waals surface area contributed by atoms with Crippen molar-refractivity contribution < 1.29 is 9.53 Å². The Hall–Kier alpha value is -2.22. The molecule has 112 valence electrons. The molecule has 0 radical (unpaired) electrons. The van der Waals surface area contributed by atoms with Gasteiger partial charge in [0.15, 0.2) is 6.10 Å². The second-order valence-electron chi connectivity index (χ2n) is 4.51. The second-order valence-corrected chi connectivity index (χ2v) is 5.36. The maximum atomic E-state index is 12.1. The average Bonchev–Trinajstić information content (AvgIpc) is 2.51. The zero-order valence-corrected chi connectivity index (χ0v) is 13.2. The van der Waals surface area contributed by atoms with Gasteiger partial charge in [-0.15, -0.1) is 0 Å². The molecule has 0 spiro atoms. The maximum absolute atomic E-state index is 12.1. The van der Waals surface area contributed by atoms with Crippen molar-refractivity contribution in [3.05, 3.63) is 58.1 Å². The first-order valence-electron chi connectivity index (χ1n) is 6.42. The highest BCUT2D eigenvalue weighted by molar-refractivity contribution is 6.35. The molecule has 22 heavy (non-hydrogen) atoms. The van der Waals surface area contributed by atoms with Crippen molar-refractivity contribution in [3.63, 3.8) is 0 Å². The number of ether oxygens (including phenoxy) is 1. The molecular weight excluding hydrogens is 323 g/mol. The van der Waals surface area contributed by atoms with Crippen LogP contribution in [0.3, 0.4) is 0 Å². The van der Waals surface area contributed by atoms with Crippen molar-refractivity contribution in [2.24, 2.45) is 0 Å². The van der Waals surface area contributed by atoms with Gasteiger partial charge in [-0.25, -0.2) is 0 Å². The van der Waals surface area contributed by atoms with Gasteiger partial charge in [0, 0.05) is 5.02 Å². The summed E-state index contributed by atoms with van der Waals surface area (Å²) in [5, 5.41) is 12.4. The van der Waals surface area contributed by atoms with Gasteiger partial charge in [0.05, 0.1) is 22.3 Å². The lowest BCUT2D eigenvalue weighted by Crippen LogP contribution is -2.30. The van der Waals surface area contributed by atoms with Gasteiger partial charge in [-0.2, -0.15) is 5.26 Å². The third-order valence-electron chi connectivity index (χ3n) is 2.83. The lowest BCUT2D eigenvalue weighted by molar-refractivity contribution is -0.122. The van der Waals surface area contributed by atoms with E-state index in [4.69, 9.17) is 33.2 Å². The number of nitrogens with one attached hydrogen (secondary N) is 1. The molecule has 2 aromatic rings. The van der Waals surface area contributed by atoms with E-state index < -0.39 is 6.10 Å². The van der Waals surface area contributed by atoms with Crippen LogP contribution in [0.2, 0.25) is 10.0 Å². The molecular formula is C16H12Cl2N2O2. The van der Waals surface area contributed by atoms with E-state index in [0.29, 0.717) is 27.0 Å². The minimum Gasteiger partial charge on any atom is -0.481 e. The van der Waals surface area contributed by atoms with Gasteiger partial charge in [0.2, 0.25) is 0 Å². The first-order chi connectivity index (χ1) is 10.5. The smallest absolute Gasteiger partial charge is 0.265 e. The number of carbonyl (C=O) groups is 1. The van der Waals surface area contributed by atoms with Crippen LogP contribution in [0.5, 0.6) is 5.75 Å². The number of anilines is 1. The first kappa shape index (κ1) is 16.2. The Balaban J connectivity index is 2.06. The third kappa shape index (κ3) is 4.14. The monoisotopic (exact) mass is 334 g/mol. The van der Waals surface area contributed by atoms with E-state index in [1.165, 1.54) is 0 Å². The van der Waals surface area contributed by atoms with Crippen LogP contribution >= 0.6 is 23.2 Å². The Kier molecular flexibility index (Phi) is 5.26. The van der Waals surface area contributed by atoms with Gasteiger partial charge in [-0.05, 0) is 43.3 Å². The molecule has 0 bridgehead atoms. The van der Waals surface area contributed by atoms with Crippen LogP contribution in [0.25, 0.3) is 0 Å². The third-order valence-corrected chi connectivity index (χ3v) is 3.40. The summed E-state index contributed by atoms with van der Waals surface area (Å²) in [5.74, 6) is 0.0745. The van der Waals surface area contributed by atoms with Crippen LogP contribution in [0.4, 0.5) is 5.69 Å². The molecule has 0 aliphatic carbocycles. The van der Waals surface area contributed by atoms with E-state index in [2.05, 4.69) is 5.32 Å². The molecule has 0 unspecified atom stereocenters. The molecule has 1 N–H and O–H groups in total. The predicted molar refractivity (Wildman–Crippen MR) is 86.3 cm³/mol. The summed E-state index contributed by atoms with van der Waals surface area (Å²) in [4.78, 5) is 12.1. The molecule has 1 amide bonds. The van der Waals surface area contributed by atoms with Crippen LogP contribution in [0, 0.1) is 11.3 Å². The fourth-order valence-electron chi connectivity index (χ4n) is 1.72. The summed E-state index contributed by atoms with van der Waals surface area (Å²) in [5.41, 5.74) is 0.878. The Morgan fingerprint density at radius 3 is 2.77 bits per heavy atom. The van der Waals surface area contributed by atoms with Crippen LogP contribution in [-0.4, -0.2) is 12.0 Å². The lowest BCUT2D eigenvalue weighted by atomic mass is 10.2. The van der Waals surface area contributed by atoms with Crippen molar-refractivity contribution in [3.8, 4) is 11.8 Å². The molecule has 1 atom stereocenters. The molecule has 0 saturated heterocycles. The summed E-state index contributed by atoms with van der Waals surface area (Å²) in [7, 11) is 0. The van der Waals surface area contributed by atoms with Crippen LogP contribution < -0.4 is 10.1 Å². The van der Waals surface area contributed by atoms with Crippen molar-refractivity contribution in [2.75, 3.05) is 5.32 Å². The SMILES string of the molecule is C[C@@H](Oc1cccc(C#N)c1)C(=O)Nc1cc(Cl)ccc1Cl.